The van der Waals surface area contributed by atoms with E-state index in [-0.39, 0.29) is 11.9 Å². The van der Waals surface area contributed by atoms with Gasteiger partial charge in [-0.05, 0) is 17.7 Å². The molecule has 1 unspecified atom stereocenters. The lowest BCUT2D eigenvalue weighted by molar-refractivity contribution is -0.117. The Hall–Kier alpha value is -2.49. The van der Waals surface area contributed by atoms with Crippen LogP contribution in [0, 0.1) is 0 Å². The number of rotatable bonds is 3. The predicted molar refractivity (Wildman–Crippen MR) is 79.2 cm³/mol. The minimum atomic E-state index is -0.267. The Morgan fingerprint density at radius 1 is 1.10 bits per heavy atom. The van der Waals surface area contributed by atoms with E-state index in [0.29, 0.717) is 17.9 Å². The fraction of sp³-hybridized carbons (Fsp3) is 0.188. The quantitative estimate of drug-likeness (QED) is 0.899. The van der Waals surface area contributed by atoms with Crippen molar-refractivity contribution >= 4 is 17.3 Å². The first-order chi connectivity index (χ1) is 9.78. The SMILES string of the molecule is COc1cccc2c1NC(=O)C(Cc1ccccc1)N2. The standard InChI is InChI=1S/C16H16N2O2/c1-20-14-9-5-8-12-15(14)18-16(19)13(17-12)10-11-6-3-2-4-7-11/h2-9,13,17H,10H2,1H3,(H,18,19). The molecule has 4 nitrogen and oxygen atoms in total. The average molecular weight is 268 g/mol. The minimum absolute atomic E-state index is 0.0362. The van der Waals surface area contributed by atoms with Crippen LogP contribution in [0.1, 0.15) is 5.56 Å². The van der Waals surface area contributed by atoms with Gasteiger partial charge in [0.05, 0.1) is 12.8 Å². The van der Waals surface area contributed by atoms with Crippen molar-refractivity contribution in [1.82, 2.24) is 0 Å². The second-order valence-electron chi connectivity index (χ2n) is 4.76. The number of carbonyl (C=O) groups excluding carboxylic acids is 1. The summed E-state index contributed by atoms with van der Waals surface area (Å²) in [7, 11) is 1.60. The maximum absolute atomic E-state index is 12.2. The molecular weight excluding hydrogens is 252 g/mol. The first-order valence-corrected chi connectivity index (χ1v) is 6.56. The van der Waals surface area contributed by atoms with Crippen LogP contribution in [0.3, 0.4) is 0 Å². The molecule has 1 atom stereocenters. The van der Waals surface area contributed by atoms with Gasteiger partial charge in [-0.1, -0.05) is 36.4 Å². The highest BCUT2D eigenvalue weighted by Gasteiger charge is 2.27. The summed E-state index contributed by atoms with van der Waals surface area (Å²) in [5.41, 5.74) is 2.74. The Morgan fingerprint density at radius 2 is 1.90 bits per heavy atom. The minimum Gasteiger partial charge on any atom is -0.494 e. The van der Waals surface area contributed by atoms with Gasteiger partial charge in [0.2, 0.25) is 5.91 Å². The van der Waals surface area contributed by atoms with E-state index in [4.69, 9.17) is 4.74 Å². The Kier molecular flexibility index (Phi) is 3.29. The zero-order valence-electron chi connectivity index (χ0n) is 11.2. The Balaban J connectivity index is 1.84. The molecule has 2 aromatic carbocycles. The van der Waals surface area contributed by atoms with Crippen molar-refractivity contribution in [2.24, 2.45) is 0 Å². The molecule has 0 spiro atoms. The van der Waals surface area contributed by atoms with E-state index in [0.717, 1.165) is 11.3 Å². The molecule has 102 valence electrons. The summed E-state index contributed by atoms with van der Waals surface area (Å²) < 4.78 is 5.26. The van der Waals surface area contributed by atoms with Gasteiger partial charge in [0.15, 0.2) is 0 Å². The molecule has 0 aliphatic carbocycles. The lowest BCUT2D eigenvalue weighted by atomic mass is 10.0. The number of hydrogen-bond donors (Lipinski definition) is 2. The van der Waals surface area contributed by atoms with Crippen LogP contribution < -0.4 is 15.4 Å². The fourth-order valence-electron chi connectivity index (χ4n) is 2.41. The van der Waals surface area contributed by atoms with Crippen molar-refractivity contribution < 1.29 is 9.53 Å². The maximum atomic E-state index is 12.2. The number of para-hydroxylation sites is 1. The zero-order chi connectivity index (χ0) is 13.9. The summed E-state index contributed by atoms with van der Waals surface area (Å²) in [6, 6.07) is 15.4. The second-order valence-corrected chi connectivity index (χ2v) is 4.76. The molecule has 0 fully saturated rings. The summed E-state index contributed by atoms with van der Waals surface area (Å²) in [5.74, 6) is 0.632. The molecular formula is C16H16N2O2. The molecule has 2 N–H and O–H groups in total. The van der Waals surface area contributed by atoms with Crippen molar-refractivity contribution in [1.29, 1.82) is 0 Å². The van der Waals surface area contributed by atoms with E-state index in [1.165, 1.54) is 0 Å². The van der Waals surface area contributed by atoms with E-state index in [2.05, 4.69) is 10.6 Å². The van der Waals surface area contributed by atoms with Crippen molar-refractivity contribution in [2.75, 3.05) is 17.7 Å². The van der Waals surface area contributed by atoms with Crippen LogP contribution in [0.25, 0.3) is 0 Å². The third kappa shape index (κ3) is 2.32. The summed E-state index contributed by atoms with van der Waals surface area (Å²) >= 11 is 0. The number of anilines is 2. The molecule has 1 amide bonds. The van der Waals surface area contributed by atoms with Gasteiger partial charge >= 0.3 is 0 Å². The number of fused-ring (bicyclic) bond motifs is 1. The molecule has 3 rings (SSSR count). The molecule has 1 aliphatic heterocycles. The predicted octanol–water partition coefficient (Wildman–Crippen LogP) is 2.67. The van der Waals surface area contributed by atoms with E-state index in [1.807, 2.05) is 48.5 Å². The smallest absolute Gasteiger partial charge is 0.247 e. The highest BCUT2D eigenvalue weighted by Crippen LogP contribution is 2.35. The van der Waals surface area contributed by atoms with Gasteiger partial charge in [0.1, 0.15) is 17.5 Å². The zero-order valence-corrected chi connectivity index (χ0v) is 11.2. The molecule has 0 radical (unpaired) electrons. The first-order valence-electron chi connectivity index (χ1n) is 6.56. The first kappa shape index (κ1) is 12.5. The van der Waals surface area contributed by atoms with Crippen molar-refractivity contribution in [3.8, 4) is 5.75 Å². The molecule has 1 heterocycles. The molecule has 4 heteroatoms. The van der Waals surface area contributed by atoms with Crippen LogP contribution in [0.4, 0.5) is 11.4 Å². The number of amides is 1. The van der Waals surface area contributed by atoms with Crippen molar-refractivity contribution in [3.05, 3.63) is 54.1 Å². The Morgan fingerprint density at radius 3 is 2.65 bits per heavy atom. The van der Waals surface area contributed by atoms with E-state index in [1.54, 1.807) is 7.11 Å². The van der Waals surface area contributed by atoms with Gasteiger partial charge in [-0.25, -0.2) is 0 Å². The highest BCUT2D eigenvalue weighted by atomic mass is 16.5. The molecule has 1 aliphatic rings. The van der Waals surface area contributed by atoms with Crippen LogP contribution in [0.2, 0.25) is 0 Å². The van der Waals surface area contributed by atoms with E-state index in [9.17, 15) is 4.79 Å². The Bertz CT molecular complexity index is 626. The third-order valence-corrected chi connectivity index (χ3v) is 3.42. The summed E-state index contributed by atoms with van der Waals surface area (Å²) in [4.78, 5) is 12.2. The number of nitrogens with one attached hydrogen (secondary N) is 2. The van der Waals surface area contributed by atoms with E-state index < -0.39 is 0 Å². The van der Waals surface area contributed by atoms with Gasteiger partial charge in [-0.3, -0.25) is 4.79 Å². The molecule has 0 aromatic heterocycles. The highest BCUT2D eigenvalue weighted by molar-refractivity contribution is 6.04. The van der Waals surface area contributed by atoms with Crippen LogP contribution in [0.15, 0.2) is 48.5 Å². The van der Waals surface area contributed by atoms with E-state index >= 15 is 0 Å². The van der Waals surface area contributed by atoms with Gasteiger partial charge in [-0.15, -0.1) is 0 Å². The third-order valence-electron chi connectivity index (χ3n) is 3.42. The van der Waals surface area contributed by atoms with Crippen LogP contribution in [-0.4, -0.2) is 19.1 Å². The normalized spacial score (nSPS) is 16.9. The number of hydrogen-bond acceptors (Lipinski definition) is 3. The van der Waals surface area contributed by atoms with Crippen molar-refractivity contribution in [2.45, 2.75) is 12.5 Å². The summed E-state index contributed by atoms with van der Waals surface area (Å²) in [6.45, 7) is 0. The fourth-order valence-corrected chi connectivity index (χ4v) is 2.41. The number of benzene rings is 2. The van der Waals surface area contributed by atoms with Gasteiger partial charge in [-0.2, -0.15) is 0 Å². The maximum Gasteiger partial charge on any atom is 0.247 e. The van der Waals surface area contributed by atoms with Crippen LogP contribution >= 0.6 is 0 Å². The monoisotopic (exact) mass is 268 g/mol. The number of ether oxygens (including phenoxy) is 1. The number of methoxy groups -OCH3 is 1. The molecule has 20 heavy (non-hydrogen) atoms. The summed E-state index contributed by atoms with van der Waals surface area (Å²) in [6.07, 6.45) is 0.656. The molecule has 0 saturated heterocycles. The van der Waals surface area contributed by atoms with Crippen LogP contribution in [-0.2, 0) is 11.2 Å². The van der Waals surface area contributed by atoms with Gasteiger partial charge in [0.25, 0.3) is 0 Å². The largest absolute Gasteiger partial charge is 0.494 e. The molecule has 0 bridgehead atoms. The summed E-state index contributed by atoms with van der Waals surface area (Å²) in [5, 5.41) is 6.20. The lowest BCUT2D eigenvalue weighted by Gasteiger charge is -2.28. The van der Waals surface area contributed by atoms with Crippen LogP contribution in [0.5, 0.6) is 5.75 Å². The van der Waals surface area contributed by atoms with Gasteiger partial charge < -0.3 is 15.4 Å². The van der Waals surface area contributed by atoms with Crippen molar-refractivity contribution in [3.63, 3.8) is 0 Å². The topological polar surface area (TPSA) is 50.4 Å². The molecule has 2 aromatic rings. The second kappa shape index (κ2) is 5.25. The number of carbonyl (C=O) groups is 1. The average Bonchev–Trinajstić information content (AvgIpc) is 2.48. The lowest BCUT2D eigenvalue weighted by Crippen LogP contribution is -2.40. The van der Waals surface area contributed by atoms with Gasteiger partial charge in [0, 0.05) is 6.42 Å². The molecule has 0 saturated carbocycles. The Labute approximate surface area is 117 Å².